The third kappa shape index (κ3) is 0.838. The Morgan fingerprint density at radius 2 is 2.71 bits per heavy atom. The molecule has 1 heterocycles. The van der Waals surface area contributed by atoms with Gasteiger partial charge < -0.3 is 4.98 Å². The molecule has 0 saturated carbocycles. The van der Waals surface area contributed by atoms with Gasteiger partial charge in [-0.15, -0.1) is 0 Å². The van der Waals surface area contributed by atoms with Crippen LogP contribution >= 0.6 is 12.2 Å². The molecule has 1 rings (SSSR count). The fourth-order valence-electron chi connectivity index (χ4n) is 0.316. The van der Waals surface area contributed by atoms with E-state index in [4.69, 9.17) is 0 Å². The minimum atomic E-state index is 0.690. The van der Waals surface area contributed by atoms with Gasteiger partial charge in [0.25, 0.3) is 0 Å². The lowest BCUT2D eigenvalue weighted by Gasteiger charge is -1.66. The van der Waals surface area contributed by atoms with Crippen LogP contribution < -0.4 is 0 Å². The molecule has 0 bridgehead atoms. The molecule has 0 saturated heterocycles. The Kier molecular flexibility index (Phi) is 1.17. The third-order valence-corrected chi connectivity index (χ3v) is 0.812. The second-order valence-corrected chi connectivity index (χ2v) is 1.26. The highest BCUT2D eigenvalue weighted by Crippen LogP contribution is 1.81. The Labute approximate surface area is 46.6 Å². The summed E-state index contributed by atoms with van der Waals surface area (Å²) in [5.41, 5.74) is 0.690. The monoisotopic (exact) mass is 111 g/mol. The van der Waals surface area contributed by atoms with Gasteiger partial charge in [0.1, 0.15) is 5.69 Å². The summed E-state index contributed by atoms with van der Waals surface area (Å²) in [5.74, 6) is 0. The van der Waals surface area contributed by atoms with Crippen molar-refractivity contribution in [1.29, 1.82) is 0 Å². The summed E-state index contributed by atoms with van der Waals surface area (Å²) in [6.07, 6.45) is 3.25. The van der Waals surface area contributed by atoms with Crippen LogP contribution in [-0.4, -0.2) is 15.3 Å². The Balaban J connectivity index is 2.96. The average Bonchev–Trinajstić information content (AvgIpc) is 2.14. The number of H-pyrrole nitrogens is 1. The van der Waals surface area contributed by atoms with Gasteiger partial charge in [0, 0.05) is 6.20 Å². The summed E-state index contributed by atoms with van der Waals surface area (Å²) in [4.78, 5) is 6.50. The van der Waals surface area contributed by atoms with Crippen molar-refractivity contribution in [3.8, 4) is 0 Å². The van der Waals surface area contributed by atoms with Crippen molar-refractivity contribution in [2.75, 3.05) is 0 Å². The molecule has 7 heavy (non-hydrogen) atoms. The first-order chi connectivity index (χ1) is 3.43. The number of hydrogen-bond acceptors (Lipinski definition) is 2. The Hall–Kier alpha value is -0.700. The fourth-order valence-corrected chi connectivity index (χ4v) is 0.428. The van der Waals surface area contributed by atoms with Crippen LogP contribution in [0.25, 0.3) is 0 Å². The zero-order valence-electron chi connectivity index (χ0n) is 3.51. The average molecular weight is 111 g/mol. The van der Waals surface area contributed by atoms with Crippen LogP contribution in [-0.2, 0) is 0 Å². The highest BCUT2D eigenvalue weighted by atomic mass is 32.1. The van der Waals surface area contributed by atoms with Gasteiger partial charge in [-0.05, 0) is 0 Å². The topological polar surface area (TPSA) is 28.7 Å². The molecule has 0 aliphatic heterocycles. The zero-order chi connectivity index (χ0) is 5.11. The van der Waals surface area contributed by atoms with Gasteiger partial charge in [0.2, 0.25) is 0 Å². The molecule has 3 heteroatoms. The number of imidazole rings is 1. The minimum Gasteiger partial charge on any atom is -0.351 e. The van der Waals surface area contributed by atoms with Gasteiger partial charge in [-0.2, -0.15) is 0 Å². The molecule has 0 atom stereocenters. The van der Waals surface area contributed by atoms with E-state index in [1.165, 1.54) is 0 Å². The summed E-state index contributed by atoms with van der Waals surface area (Å²) in [6.45, 7) is 0. The van der Waals surface area contributed by atoms with E-state index in [9.17, 15) is 0 Å². The number of hydrogen-bond donors (Lipinski definition) is 1. The molecule has 1 N–H and O–H groups in total. The number of aromatic amines is 1. The minimum absolute atomic E-state index is 0.690. The number of thiocarbonyl (C=S) groups is 1. The third-order valence-electron chi connectivity index (χ3n) is 0.603. The van der Waals surface area contributed by atoms with Crippen molar-refractivity contribution < 1.29 is 0 Å². The van der Waals surface area contributed by atoms with E-state index in [1.54, 1.807) is 12.5 Å². The van der Waals surface area contributed by atoms with E-state index < -0.39 is 0 Å². The van der Waals surface area contributed by atoms with Gasteiger partial charge in [-0.1, -0.05) is 12.2 Å². The highest BCUT2D eigenvalue weighted by Gasteiger charge is 1.81. The SMILES string of the molecule is S=[C]c1c[nH]cn1. The molecule has 1 aromatic heterocycles. The quantitative estimate of drug-likeness (QED) is 0.538. The van der Waals surface area contributed by atoms with E-state index in [1.807, 2.05) is 0 Å². The molecular formula is C4H3N2S. The van der Waals surface area contributed by atoms with Crippen LogP contribution in [0.2, 0.25) is 0 Å². The second kappa shape index (κ2) is 1.84. The predicted molar refractivity (Wildman–Crippen MR) is 30.3 cm³/mol. The maximum atomic E-state index is 4.44. The van der Waals surface area contributed by atoms with Crippen molar-refractivity contribution in [2.45, 2.75) is 0 Å². The predicted octanol–water partition coefficient (Wildman–Crippen LogP) is 0.634. The molecule has 0 unspecified atom stereocenters. The smallest absolute Gasteiger partial charge is 0.100 e. The van der Waals surface area contributed by atoms with Gasteiger partial charge in [0.15, 0.2) is 0 Å². The molecule has 0 fully saturated rings. The van der Waals surface area contributed by atoms with Crippen molar-refractivity contribution in [1.82, 2.24) is 9.97 Å². The maximum absolute atomic E-state index is 4.44. The van der Waals surface area contributed by atoms with E-state index in [0.717, 1.165) is 0 Å². The summed E-state index contributed by atoms with van der Waals surface area (Å²) < 4.78 is 0. The molecule has 35 valence electrons. The Morgan fingerprint density at radius 3 is 3.00 bits per heavy atom. The second-order valence-electron chi connectivity index (χ2n) is 1.06. The normalized spacial score (nSPS) is 8.57. The number of nitrogens with one attached hydrogen (secondary N) is 1. The first-order valence-corrected chi connectivity index (χ1v) is 2.21. The first-order valence-electron chi connectivity index (χ1n) is 1.80. The van der Waals surface area contributed by atoms with Gasteiger partial charge in [-0.25, -0.2) is 4.98 Å². The van der Waals surface area contributed by atoms with Crippen molar-refractivity contribution in [3.63, 3.8) is 0 Å². The van der Waals surface area contributed by atoms with E-state index in [2.05, 4.69) is 27.6 Å². The van der Waals surface area contributed by atoms with Crippen LogP contribution in [0.1, 0.15) is 5.69 Å². The summed E-state index contributed by atoms with van der Waals surface area (Å²) in [5, 5.41) is 2.45. The molecule has 0 aromatic carbocycles. The highest BCUT2D eigenvalue weighted by molar-refractivity contribution is 7.79. The van der Waals surface area contributed by atoms with Crippen LogP contribution in [0.15, 0.2) is 12.5 Å². The Morgan fingerprint density at radius 1 is 1.86 bits per heavy atom. The lowest BCUT2D eigenvalue weighted by atomic mass is 10.6. The lowest BCUT2D eigenvalue weighted by molar-refractivity contribution is 1.31. The molecule has 1 radical (unpaired) electrons. The molecule has 0 aliphatic carbocycles. The van der Waals surface area contributed by atoms with Crippen LogP contribution in [0, 0.1) is 0 Å². The maximum Gasteiger partial charge on any atom is 0.100 e. The van der Waals surface area contributed by atoms with E-state index >= 15 is 0 Å². The van der Waals surface area contributed by atoms with Gasteiger partial charge in [0.05, 0.1) is 11.7 Å². The summed E-state index contributed by atoms with van der Waals surface area (Å²) in [7, 11) is 0. The number of nitrogens with zero attached hydrogens (tertiary/aromatic N) is 1. The Bertz CT molecular complexity index is 145. The standard InChI is InChI=1S/C4H3N2S/c7-2-4-1-5-3-6-4/h1,3H,(H,5,6). The van der Waals surface area contributed by atoms with E-state index in [-0.39, 0.29) is 0 Å². The zero-order valence-corrected chi connectivity index (χ0v) is 4.33. The molecule has 1 aromatic rings. The molecule has 0 amide bonds. The molecule has 0 spiro atoms. The first kappa shape index (κ1) is 4.46. The van der Waals surface area contributed by atoms with Crippen LogP contribution in [0.5, 0.6) is 0 Å². The van der Waals surface area contributed by atoms with Crippen LogP contribution in [0.4, 0.5) is 0 Å². The van der Waals surface area contributed by atoms with Gasteiger partial charge in [-0.3, -0.25) is 0 Å². The molecule has 2 nitrogen and oxygen atoms in total. The van der Waals surface area contributed by atoms with Crippen molar-refractivity contribution >= 4 is 17.6 Å². The largest absolute Gasteiger partial charge is 0.351 e. The number of rotatable bonds is 1. The molecular weight excluding hydrogens is 108 g/mol. The van der Waals surface area contributed by atoms with Gasteiger partial charge >= 0.3 is 0 Å². The van der Waals surface area contributed by atoms with E-state index in [0.29, 0.717) is 5.69 Å². The van der Waals surface area contributed by atoms with Crippen molar-refractivity contribution in [3.05, 3.63) is 18.2 Å². The van der Waals surface area contributed by atoms with Crippen molar-refractivity contribution in [2.24, 2.45) is 0 Å². The summed E-state index contributed by atoms with van der Waals surface area (Å²) >= 11 is 4.44. The van der Waals surface area contributed by atoms with Crippen LogP contribution in [0.3, 0.4) is 0 Å². The fraction of sp³-hybridized carbons (Fsp3) is 0. The number of aromatic nitrogens is 2. The lowest BCUT2D eigenvalue weighted by Crippen LogP contribution is -1.70. The summed E-state index contributed by atoms with van der Waals surface area (Å²) in [6, 6.07) is 0. The molecule has 0 aliphatic rings.